The van der Waals surface area contributed by atoms with Gasteiger partial charge in [0.05, 0.1) is 42.5 Å². The fourth-order valence-electron chi connectivity index (χ4n) is 4.20. The Hall–Kier alpha value is -4.91. The summed E-state index contributed by atoms with van der Waals surface area (Å²) < 4.78 is 57.6. The van der Waals surface area contributed by atoms with E-state index >= 15 is 0 Å². The lowest BCUT2D eigenvalue weighted by Crippen LogP contribution is -2.24. The number of rotatable bonds is 10. The topological polar surface area (TPSA) is 128 Å². The Balaban J connectivity index is 1.47. The lowest BCUT2D eigenvalue weighted by atomic mass is 9.92. The largest absolute Gasteiger partial charge is 0.497 e. The van der Waals surface area contributed by atoms with Crippen LogP contribution in [0.3, 0.4) is 0 Å². The van der Waals surface area contributed by atoms with Crippen LogP contribution in [0.4, 0.5) is 29.3 Å². The van der Waals surface area contributed by atoms with E-state index in [1.165, 1.54) is 32.3 Å². The number of hydrogen-bond donors (Lipinski definition) is 3. The number of anilines is 2. The van der Waals surface area contributed by atoms with Gasteiger partial charge in [0.25, 0.3) is 5.88 Å². The van der Waals surface area contributed by atoms with Gasteiger partial charge in [0.15, 0.2) is 11.6 Å². The van der Waals surface area contributed by atoms with E-state index < -0.39 is 23.4 Å². The number of benzene rings is 2. The molecule has 0 aliphatic rings. The quantitative estimate of drug-likeness (QED) is 0.180. The van der Waals surface area contributed by atoms with E-state index in [4.69, 9.17) is 14.2 Å². The number of nitrogens with one attached hydrogen (secondary N) is 2. The molecule has 0 saturated heterocycles. The van der Waals surface area contributed by atoms with E-state index in [9.17, 15) is 23.1 Å². The number of amides is 2. The normalized spacial score (nSPS) is 11.6. The fraction of sp³-hybridized carbons (Fsp3) is 0.290. The molecule has 2 aromatic heterocycles. The van der Waals surface area contributed by atoms with Crippen LogP contribution >= 0.6 is 0 Å². The Kier molecular flexibility index (Phi) is 9.58. The molecule has 0 spiro atoms. The number of aromatic nitrogens is 3. The molecule has 2 heterocycles. The van der Waals surface area contributed by atoms with Gasteiger partial charge in [0.2, 0.25) is 0 Å². The molecule has 2 aromatic carbocycles. The minimum absolute atomic E-state index is 0.109. The maximum atomic E-state index is 13.6. The van der Waals surface area contributed by atoms with Gasteiger partial charge in [0, 0.05) is 17.4 Å². The van der Waals surface area contributed by atoms with Crippen molar-refractivity contribution in [2.75, 3.05) is 24.4 Å². The molecule has 0 radical (unpaired) electrons. The van der Waals surface area contributed by atoms with Gasteiger partial charge in [-0.3, -0.25) is 0 Å². The van der Waals surface area contributed by atoms with Crippen molar-refractivity contribution in [2.24, 2.45) is 0 Å². The maximum Gasteiger partial charge on any atom is 0.416 e. The van der Waals surface area contributed by atoms with Crippen LogP contribution < -0.4 is 24.8 Å². The van der Waals surface area contributed by atoms with Gasteiger partial charge in [-0.15, -0.1) is 0 Å². The van der Waals surface area contributed by atoms with Crippen LogP contribution in [0.25, 0.3) is 11.4 Å². The van der Waals surface area contributed by atoms with Crippen LogP contribution in [0.2, 0.25) is 0 Å². The third-order valence-electron chi connectivity index (χ3n) is 6.38. The van der Waals surface area contributed by atoms with Crippen molar-refractivity contribution in [1.82, 2.24) is 15.0 Å². The van der Waals surface area contributed by atoms with Crippen LogP contribution in [0.1, 0.15) is 43.2 Å². The Bertz CT molecular complexity index is 1620. The van der Waals surface area contributed by atoms with Crippen LogP contribution in [-0.2, 0) is 18.4 Å². The fourth-order valence-corrected chi connectivity index (χ4v) is 4.20. The van der Waals surface area contributed by atoms with Crippen LogP contribution in [0.5, 0.6) is 17.4 Å². The summed E-state index contributed by atoms with van der Waals surface area (Å²) in [6, 6.07) is 11.5. The number of aliphatic hydroxyl groups is 1. The van der Waals surface area contributed by atoms with Crippen molar-refractivity contribution >= 4 is 17.4 Å². The highest BCUT2D eigenvalue weighted by Crippen LogP contribution is 2.38. The molecule has 44 heavy (non-hydrogen) atoms. The summed E-state index contributed by atoms with van der Waals surface area (Å²) in [5.74, 6) is 1.74. The standard InChI is InChI=1S/C31H32F3N5O5/c1-6-43-26-13-20(15-36-28(26)44-17-19-7-10-22(42-5)11-8-19)27-35-16-25(18(2)37-27)39-29(40)38-21-9-12-23(30(3,4)41)24(14-21)31(32,33)34/h7-16,41H,6,17H2,1-5H3,(H2,38,39,40). The van der Waals surface area contributed by atoms with Crippen LogP contribution in [0, 0.1) is 6.92 Å². The van der Waals surface area contributed by atoms with E-state index in [1.807, 2.05) is 31.2 Å². The van der Waals surface area contributed by atoms with Crippen molar-refractivity contribution in [1.29, 1.82) is 0 Å². The molecule has 0 aliphatic carbocycles. The molecule has 4 rings (SSSR count). The zero-order valence-corrected chi connectivity index (χ0v) is 24.7. The summed E-state index contributed by atoms with van der Waals surface area (Å²) in [4.78, 5) is 25.8. The molecule has 0 saturated carbocycles. The monoisotopic (exact) mass is 611 g/mol. The van der Waals surface area contributed by atoms with E-state index in [0.29, 0.717) is 35.3 Å². The van der Waals surface area contributed by atoms with Gasteiger partial charge in [0.1, 0.15) is 12.4 Å². The number of alkyl halides is 3. The zero-order chi connectivity index (χ0) is 32.1. The molecular formula is C31H32F3N5O5. The van der Waals surface area contributed by atoms with Gasteiger partial charge in [-0.2, -0.15) is 13.2 Å². The molecule has 0 atom stereocenters. The highest BCUT2D eigenvalue weighted by Gasteiger charge is 2.37. The molecule has 13 heteroatoms. The number of aryl methyl sites for hydroxylation is 1. The number of ether oxygens (including phenoxy) is 3. The van der Waals surface area contributed by atoms with Crippen molar-refractivity contribution in [3.05, 3.63) is 83.3 Å². The van der Waals surface area contributed by atoms with E-state index in [1.54, 1.807) is 20.1 Å². The first kappa shape index (κ1) is 32.0. The molecule has 0 fully saturated rings. The first-order valence-corrected chi connectivity index (χ1v) is 13.5. The van der Waals surface area contributed by atoms with Gasteiger partial charge < -0.3 is 30.0 Å². The van der Waals surface area contributed by atoms with Gasteiger partial charge >= 0.3 is 12.2 Å². The predicted molar refractivity (Wildman–Crippen MR) is 158 cm³/mol. The maximum absolute atomic E-state index is 13.6. The second-order valence-corrected chi connectivity index (χ2v) is 10.2. The van der Waals surface area contributed by atoms with Crippen molar-refractivity contribution < 1.29 is 37.3 Å². The molecule has 0 aliphatic heterocycles. The summed E-state index contributed by atoms with van der Waals surface area (Å²) in [5.41, 5.74) is -1.11. The summed E-state index contributed by atoms with van der Waals surface area (Å²) in [5, 5.41) is 15.1. The Morgan fingerprint density at radius 3 is 2.30 bits per heavy atom. The van der Waals surface area contributed by atoms with Crippen molar-refractivity contribution in [3.63, 3.8) is 0 Å². The van der Waals surface area contributed by atoms with Crippen molar-refractivity contribution in [3.8, 4) is 28.8 Å². The third-order valence-corrected chi connectivity index (χ3v) is 6.38. The summed E-state index contributed by atoms with van der Waals surface area (Å²) in [6.07, 6.45) is -1.82. The minimum atomic E-state index is -4.73. The minimum Gasteiger partial charge on any atom is -0.497 e. The predicted octanol–water partition coefficient (Wildman–Crippen LogP) is 6.72. The Morgan fingerprint density at radius 1 is 0.955 bits per heavy atom. The number of hydrogen-bond acceptors (Lipinski definition) is 8. The summed E-state index contributed by atoms with van der Waals surface area (Å²) >= 11 is 0. The van der Waals surface area contributed by atoms with Gasteiger partial charge in [-0.25, -0.2) is 19.7 Å². The zero-order valence-electron chi connectivity index (χ0n) is 24.7. The van der Waals surface area contributed by atoms with Crippen molar-refractivity contribution in [2.45, 2.75) is 46.1 Å². The molecule has 4 aromatic rings. The van der Waals surface area contributed by atoms with Crippen LogP contribution in [0.15, 0.2) is 60.9 Å². The summed E-state index contributed by atoms with van der Waals surface area (Å²) in [6.45, 7) is 6.61. The SMILES string of the molecule is CCOc1cc(-c2ncc(NC(=O)Nc3ccc(C(C)(C)O)c(C(F)(F)F)c3)c(C)n2)cnc1OCc1ccc(OC)cc1. The highest BCUT2D eigenvalue weighted by molar-refractivity contribution is 6.00. The number of urea groups is 1. The number of carbonyl (C=O) groups excluding carboxylic acids is 1. The second kappa shape index (κ2) is 13.2. The molecular weight excluding hydrogens is 579 g/mol. The summed E-state index contributed by atoms with van der Waals surface area (Å²) in [7, 11) is 1.59. The number of pyridine rings is 1. The average Bonchev–Trinajstić information content (AvgIpc) is 2.97. The lowest BCUT2D eigenvalue weighted by Gasteiger charge is -2.23. The first-order chi connectivity index (χ1) is 20.8. The molecule has 0 bridgehead atoms. The first-order valence-electron chi connectivity index (χ1n) is 13.5. The smallest absolute Gasteiger partial charge is 0.416 e. The highest BCUT2D eigenvalue weighted by atomic mass is 19.4. The molecule has 3 N–H and O–H groups in total. The van der Waals surface area contributed by atoms with Gasteiger partial charge in [-0.1, -0.05) is 18.2 Å². The number of carbonyl (C=O) groups is 1. The molecule has 232 valence electrons. The van der Waals surface area contributed by atoms with E-state index in [2.05, 4.69) is 25.6 Å². The molecule has 2 amide bonds. The number of halogens is 3. The Labute approximate surface area is 252 Å². The van der Waals surface area contributed by atoms with E-state index in [-0.39, 0.29) is 23.5 Å². The van der Waals surface area contributed by atoms with Gasteiger partial charge in [-0.05, 0) is 69.2 Å². The van der Waals surface area contributed by atoms with Crippen LogP contribution in [-0.4, -0.2) is 39.8 Å². The average molecular weight is 612 g/mol. The van der Waals surface area contributed by atoms with E-state index in [0.717, 1.165) is 23.4 Å². The number of methoxy groups -OCH3 is 1. The number of nitrogens with zero attached hydrogens (tertiary/aromatic N) is 3. The lowest BCUT2D eigenvalue weighted by molar-refractivity contribution is -0.140. The third kappa shape index (κ3) is 7.92. The molecule has 0 unspecified atom stereocenters. The second-order valence-electron chi connectivity index (χ2n) is 10.2. The Morgan fingerprint density at radius 2 is 1.68 bits per heavy atom. The molecule has 10 nitrogen and oxygen atoms in total.